The van der Waals surface area contributed by atoms with Gasteiger partial charge in [0.1, 0.15) is 6.61 Å². The minimum atomic E-state index is -1.47. The molecule has 176 valence electrons. The van der Waals surface area contributed by atoms with Gasteiger partial charge in [-0.3, -0.25) is 4.79 Å². The topological polar surface area (TPSA) is 112 Å². The van der Waals surface area contributed by atoms with Crippen molar-refractivity contribution in [2.24, 2.45) is 0 Å². The van der Waals surface area contributed by atoms with Crippen LogP contribution < -0.4 is 20.3 Å². The molecular formula is C25H25N3O6. The number of nitrogens with zero attached hydrogens (tertiary/aromatic N) is 2. The van der Waals surface area contributed by atoms with E-state index in [4.69, 9.17) is 19.2 Å². The molecule has 1 atom stereocenters. The number of esters is 1. The van der Waals surface area contributed by atoms with Crippen molar-refractivity contribution in [1.29, 1.82) is 0 Å². The summed E-state index contributed by atoms with van der Waals surface area (Å²) in [5.74, 6) is 0.602. The third kappa shape index (κ3) is 3.19. The van der Waals surface area contributed by atoms with Crippen LogP contribution in [-0.2, 0) is 29.1 Å². The van der Waals surface area contributed by atoms with Gasteiger partial charge in [-0.05, 0) is 50.0 Å². The van der Waals surface area contributed by atoms with Gasteiger partial charge in [0.15, 0.2) is 17.6 Å². The fourth-order valence-corrected chi connectivity index (χ4v) is 5.08. The molecule has 1 aromatic carbocycles. The van der Waals surface area contributed by atoms with E-state index in [0.29, 0.717) is 40.6 Å². The number of rotatable bonds is 6. The highest BCUT2D eigenvalue weighted by atomic mass is 16.7. The van der Waals surface area contributed by atoms with Crippen molar-refractivity contribution in [1.82, 2.24) is 14.9 Å². The molecule has 9 nitrogen and oxygen atoms in total. The van der Waals surface area contributed by atoms with Gasteiger partial charge in [-0.25, -0.2) is 9.78 Å². The summed E-state index contributed by atoms with van der Waals surface area (Å²) < 4.78 is 17.9. The zero-order chi connectivity index (χ0) is 23.4. The molecule has 9 heteroatoms. The van der Waals surface area contributed by atoms with Crippen LogP contribution in [0.25, 0.3) is 22.3 Å². The molecule has 0 aliphatic carbocycles. The van der Waals surface area contributed by atoms with Gasteiger partial charge >= 0.3 is 5.97 Å². The van der Waals surface area contributed by atoms with E-state index in [1.54, 1.807) is 10.6 Å². The lowest BCUT2D eigenvalue weighted by molar-refractivity contribution is -0.157. The first kappa shape index (κ1) is 21.1. The molecule has 0 bridgehead atoms. The zero-order valence-corrected chi connectivity index (χ0v) is 18.8. The number of aliphatic hydroxyl groups excluding tert-OH is 1. The van der Waals surface area contributed by atoms with Crippen molar-refractivity contribution >= 4 is 16.9 Å². The van der Waals surface area contributed by atoms with Gasteiger partial charge in [0.25, 0.3) is 5.56 Å². The largest absolute Gasteiger partial charge is 0.458 e. The Morgan fingerprint density at radius 3 is 2.76 bits per heavy atom. The third-order valence-corrected chi connectivity index (χ3v) is 6.78. The second kappa shape index (κ2) is 8.11. The van der Waals surface area contributed by atoms with E-state index in [1.165, 1.54) is 0 Å². The van der Waals surface area contributed by atoms with Crippen LogP contribution in [0, 0.1) is 0 Å². The fourth-order valence-electron chi connectivity index (χ4n) is 5.08. The minimum Gasteiger partial charge on any atom is -0.458 e. The average molecular weight is 463 g/mol. The van der Waals surface area contributed by atoms with Gasteiger partial charge in [-0.2, -0.15) is 0 Å². The van der Waals surface area contributed by atoms with Crippen LogP contribution >= 0.6 is 0 Å². The van der Waals surface area contributed by atoms with Crippen molar-refractivity contribution in [3.05, 3.63) is 50.8 Å². The number of carbonyl (C=O) groups excluding carboxylic acids is 1. The molecule has 0 radical (unpaired) electrons. The molecule has 0 fully saturated rings. The lowest BCUT2D eigenvalue weighted by Crippen LogP contribution is -2.32. The molecule has 3 aromatic rings. The quantitative estimate of drug-likeness (QED) is 0.331. The number of pyridine rings is 2. The molecule has 3 aliphatic heterocycles. The van der Waals surface area contributed by atoms with Crippen LogP contribution in [0.4, 0.5) is 0 Å². The first-order valence-corrected chi connectivity index (χ1v) is 11.6. The van der Waals surface area contributed by atoms with Crippen molar-refractivity contribution < 1.29 is 24.1 Å². The van der Waals surface area contributed by atoms with E-state index in [9.17, 15) is 14.7 Å². The summed E-state index contributed by atoms with van der Waals surface area (Å²) in [5.41, 5.74) is 4.56. The maximum Gasteiger partial charge on any atom is 0.340 e. The number of ether oxygens (including phenoxy) is 3. The van der Waals surface area contributed by atoms with E-state index in [0.717, 1.165) is 54.4 Å². The van der Waals surface area contributed by atoms with Crippen LogP contribution in [0.1, 0.15) is 48.1 Å². The SMILES string of the molecule is CCCNCCCc1c2c(nc3cc4c(cc13)OCO4)-c1cc3c(c(=O)n1C2)COC(=O)[C@H]3O. The second-order valence-corrected chi connectivity index (χ2v) is 8.86. The summed E-state index contributed by atoms with van der Waals surface area (Å²) in [4.78, 5) is 30.1. The van der Waals surface area contributed by atoms with Crippen LogP contribution in [-0.4, -0.2) is 40.5 Å². The standard InChI is InChI=1S/C25H25N3O6/c1-2-5-26-6-3-4-13-14-8-20-21(34-12-33-20)9-18(14)27-22-16(13)10-28-19(22)7-15-17(24(28)30)11-32-25(31)23(15)29/h7-9,23,26,29H,2-6,10-12H2,1H3/t23-/m0/s1. The molecule has 34 heavy (non-hydrogen) atoms. The van der Waals surface area contributed by atoms with Crippen LogP contribution in [0.3, 0.4) is 0 Å². The summed E-state index contributed by atoms with van der Waals surface area (Å²) >= 11 is 0. The molecule has 0 saturated heterocycles. The molecule has 0 unspecified atom stereocenters. The maximum absolute atomic E-state index is 13.3. The van der Waals surface area contributed by atoms with E-state index in [1.807, 2.05) is 12.1 Å². The molecular weight excluding hydrogens is 438 g/mol. The Hall–Kier alpha value is -3.43. The number of cyclic esters (lactones) is 1. The van der Waals surface area contributed by atoms with E-state index in [-0.39, 0.29) is 19.0 Å². The van der Waals surface area contributed by atoms with Crippen molar-refractivity contribution in [3.8, 4) is 22.9 Å². The fraction of sp³-hybridized carbons (Fsp3) is 0.400. The molecule has 2 N–H and O–H groups in total. The lowest BCUT2D eigenvalue weighted by Gasteiger charge is -2.21. The number of hydrogen-bond acceptors (Lipinski definition) is 8. The smallest absolute Gasteiger partial charge is 0.340 e. The molecule has 0 saturated carbocycles. The number of hydrogen-bond donors (Lipinski definition) is 2. The Morgan fingerprint density at radius 2 is 1.94 bits per heavy atom. The second-order valence-electron chi connectivity index (χ2n) is 8.86. The van der Waals surface area contributed by atoms with Crippen molar-refractivity contribution in [2.45, 2.75) is 45.4 Å². The molecule has 6 rings (SSSR count). The Morgan fingerprint density at radius 1 is 1.12 bits per heavy atom. The zero-order valence-electron chi connectivity index (χ0n) is 18.8. The number of aryl methyl sites for hydroxylation is 1. The molecule has 3 aliphatic rings. The summed E-state index contributed by atoms with van der Waals surface area (Å²) in [6.45, 7) is 4.44. The van der Waals surface area contributed by atoms with Gasteiger partial charge in [0, 0.05) is 22.6 Å². The van der Waals surface area contributed by atoms with Gasteiger partial charge in [0.2, 0.25) is 6.79 Å². The van der Waals surface area contributed by atoms with Crippen molar-refractivity contribution in [2.75, 3.05) is 19.9 Å². The normalized spacial score (nSPS) is 17.5. The number of aromatic nitrogens is 2. The predicted molar refractivity (Wildman–Crippen MR) is 123 cm³/mol. The lowest BCUT2D eigenvalue weighted by atomic mass is 9.95. The number of fused-ring (bicyclic) bond motifs is 6. The molecule has 0 amide bonds. The van der Waals surface area contributed by atoms with Gasteiger partial charge in [0.05, 0.1) is 29.0 Å². The van der Waals surface area contributed by atoms with Crippen molar-refractivity contribution in [3.63, 3.8) is 0 Å². The maximum atomic E-state index is 13.3. The summed E-state index contributed by atoms with van der Waals surface area (Å²) in [7, 11) is 0. The Balaban J connectivity index is 1.51. The number of nitrogens with one attached hydrogen (secondary N) is 1. The van der Waals surface area contributed by atoms with Gasteiger partial charge in [-0.1, -0.05) is 6.92 Å². The summed E-state index contributed by atoms with van der Waals surface area (Å²) in [6.07, 6.45) is 1.36. The first-order valence-electron chi connectivity index (χ1n) is 11.6. The number of benzene rings is 1. The Bertz CT molecular complexity index is 1400. The van der Waals surface area contributed by atoms with E-state index >= 15 is 0 Å². The highest BCUT2D eigenvalue weighted by Gasteiger charge is 2.35. The number of aliphatic hydroxyl groups is 1. The first-order chi connectivity index (χ1) is 16.6. The molecule has 2 aromatic heterocycles. The Labute approximate surface area is 195 Å². The third-order valence-electron chi connectivity index (χ3n) is 6.78. The van der Waals surface area contributed by atoms with E-state index in [2.05, 4.69) is 12.2 Å². The van der Waals surface area contributed by atoms with Gasteiger partial charge < -0.3 is 29.2 Å². The molecule has 5 heterocycles. The summed E-state index contributed by atoms with van der Waals surface area (Å²) in [6, 6.07) is 5.57. The van der Waals surface area contributed by atoms with E-state index < -0.39 is 12.1 Å². The minimum absolute atomic E-state index is 0.132. The molecule has 0 spiro atoms. The number of carbonyl (C=O) groups is 1. The average Bonchev–Trinajstić information content (AvgIpc) is 3.44. The predicted octanol–water partition coefficient (Wildman–Crippen LogP) is 2.18. The highest BCUT2D eigenvalue weighted by molar-refractivity contribution is 5.91. The summed E-state index contributed by atoms with van der Waals surface area (Å²) in [5, 5.41) is 14.8. The monoisotopic (exact) mass is 463 g/mol. The Kier molecular flexibility index (Phi) is 5.04. The van der Waals surface area contributed by atoms with Crippen LogP contribution in [0.5, 0.6) is 11.5 Å². The van der Waals surface area contributed by atoms with Crippen LogP contribution in [0.15, 0.2) is 23.0 Å². The van der Waals surface area contributed by atoms with Crippen LogP contribution in [0.2, 0.25) is 0 Å². The van der Waals surface area contributed by atoms with Gasteiger partial charge in [-0.15, -0.1) is 0 Å². The highest BCUT2D eigenvalue weighted by Crippen LogP contribution is 2.42.